The normalized spacial score (nSPS) is 15.4. The van der Waals surface area contributed by atoms with Crippen LogP contribution < -0.4 is 5.32 Å². The van der Waals surface area contributed by atoms with Gasteiger partial charge in [0, 0.05) is 37.0 Å². The zero-order chi connectivity index (χ0) is 23.2. The standard InChI is InChI=1S/C26H30N4O3/c1-3-25(32)29(16-22-13-8-14-33-22)18-24(31)28-26-27-23(20-10-5-4-6-11-20)17-30(26)21-12-7-9-19(2)15-21/h4-7,9-12,15,17,22H,3,8,13-14,16,18H2,1-2H3,(H,27,28,31)/t22-/m0/s1. The highest BCUT2D eigenvalue weighted by Gasteiger charge is 2.24. The lowest BCUT2D eigenvalue weighted by Crippen LogP contribution is -2.42. The smallest absolute Gasteiger partial charge is 0.246 e. The first-order valence-corrected chi connectivity index (χ1v) is 11.4. The quantitative estimate of drug-likeness (QED) is 0.563. The first-order valence-electron chi connectivity index (χ1n) is 11.4. The predicted molar refractivity (Wildman–Crippen MR) is 128 cm³/mol. The van der Waals surface area contributed by atoms with E-state index in [1.54, 1.807) is 11.8 Å². The molecule has 33 heavy (non-hydrogen) atoms. The third kappa shape index (κ3) is 5.68. The highest BCUT2D eigenvalue weighted by molar-refractivity contribution is 5.93. The summed E-state index contributed by atoms with van der Waals surface area (Å²) < 4.78 is 7.55. The maximum atomic E-state index is 13.0. The molecule has 7 nitrogen and oxygen atoms in total. The summed E-state index contributed by atoms with van der Waals surface area (Å²) in [6.45, 7) is 4.94. The van der Waals surface area contributed by atoms with Crippen LogP contribution in [-0.2, 0) is 14.3 Å². The summed E-state index contributed by atoms with van der Waals surface area (Å²) in [7, 11) is 0. The molecule has 0 bridgehead atoms. The zero-order valence-corrected chi connectivity index (χ0v) is 19.2. The molecule has 1 aliphatic heterocycles. The van der Waals surface area contributed by atoms with Crippen molar-refractivity contribution < 1.29 is 14.3 Å². The Bertz CT molecular complexity index is 1100. The lowest BCUT2D eigenvalue weighted by atomic mass is 10.2. The average Bonchev–Trinajstić information content (AvgIpc) is 3.49. The van der Waals surface area contributed by atoms with Crippen LogP contribution in [0.15, 0.2) is 60.8 Å². The predicted octanol–water partition coefficient (Wildman–Crippen LogP) is 4.20. The summed E-state index contributed by atoms with van der Waals surface area (Å²) in [6, 6.07) is 17.8. The maximum Gasteiger partial charge on any atom is 0.246 e. The molecular formula is C26H30N4O3. The Morgan fingerprint density at radius 2 is 2.00 bits per heavy atom. The van der Waals surface area contributed by atoms with E-state index in [1.165, 1.54) is 0 Å². The lowest BCUT2D eigenvalue weighted by molar-refractivity contribution is -0.135. The fourth-order valence-corrected chi connectivity index (χ4v) is 4.04. The number of ether oxygens (including phenoxy) is 1. The highest BCUT2D eigenvalue weighted by Crippen LogP contribution is 2.25. The monoisotopic (exact) mass is 446 g/mol. The molecule has 172 valence electrons. The summed E-state index contributed by atoms with van der Waals surface area (Å²) in [5.74, 6) is 0.0760. The number of carbonyl (C=O) groups excluding carboxylic acids is 2. The number of nitrogens with zero attached hydrogens (tertiary/aromatic N) is 3. The van der Waals surface area contributed by atoms with Gasteiger partial charge in [0.05, 0.1) is 11.8 Å². The second-order valence-corrected chi connectivity index (χ2v) is 8.34. The molecule has 1 aromatic heterocycles. The molecule has 1 atom stereocenters. The summed E-state index contributed by atoms with van der Waals surface area (Å²) >= 11 is 0. The van der Waals surface area contributed by atoms with Crippen molar-refractivity contribution >= 4 is 17.8 Å². The van der Waals surface area contributed by atoms with E-state index in [1.807, 2.05) is 72.3 Å². The fraction of sp³-hybridized carbons (Fsp3) is 0.346. The number of imidazole rings is 1. The molecule has 1 saturated heterocycles. The number of rotatable bonds is 8. The summed E-state index contributed by atoms with van der Waals surface area (Å²) in [5.41, 5.74) is 3.73. The van der Waals surface area contributed by atoms with Crippen LogP contribution in [0.5, 0.6) is 0 Å². The second kappa shape index (κ2) is 10.4. The Morgan fingerprint density at radius 1 is 1.18 bits per heavy atom. The van der Waals surface area contributed by atoms with Crippen molar-refractivity contribution in [3.05, 3.63) is 66.4 Å². The molecule has 0 spiro atoms. The minimum atomic E-state index is -0.283. The van der Waals surface area contributed by atoms with Crippen LogP contribution in [0.25, 0.3) is 16.9 Å². The molecule has 1 aliphatic rings. The number of hydrogen-bond donors (Lipinski definition) is 1. The van der Waals surface area contributed by atoms with E-state index in [0.717, 1.165) is 35.3 Å². The van der Waals surface area contributed by atoms with Gasteiger partial charge in [-0.2, -0.15) is 0 Å². The number of hydrogen-bond acceptors (Lipinski definition) is 4. The van der Waals surface area contributed by atoms with Crippen LogP contribution in [0.3, 0.4) is 0 Å². The van der Waals surface area contributed by atoms with Gasteiger partial charge in [0.2, 0.25) is 17.8 Å². The van der Waals surface area contributed by atoms with Crippen LogP contribution in [-0.4, -0.2) is 52.1 Å². The van der Waals surface area contributed by atoms with Gasteiger partial charge in [-0.1, -0.05) is 49.4 Å². The number of anilines is 1. The van der Waals surface area contributed by atoms with E-state index < -0.39 is 0 Å². The van der Waals surface area contributed by atoms with Crippen LogP contribution >= 0.6 is 0 Å². The third-order valence-corrected chi connectivity index (χ3v) is 5.74. The molecule has 0 radical (unpaired) electrons. The lowest BCUT2D eigenvalue weighted by Gasteiger charge is -2.24. The van der Waals surface area contributed by atoms with E-state index >= 15 is 0 Å². The van der Waals surface area contributed by atoms with Crippen LogP contribution in [0.1, 0.15) is 31.7 Å². The van der Waals surface area contributed by atoms with Crippen LogP contribution in [0.4, 0.5) is 5.95 Å². The number of aryl methyl sites for hydroxylation is 1. The summed E-state index contributed by atoms with van der Waals surface area (Å²) in [4.78, 5) is 31.8. The molecule has 2 heterocycles. The minimum Gasteiger partial charge on any atom is -0.376 e. The molecule has 0 unspecified atom stereocenters. The SMILES string of the molecule is CCC(=O)N(CC(=O)Nc1nc(-c2ccccc2)cn1-c1cccc(C)c1)C[C@@H]1CCCO1. The molecular weight excluding hydrogens is 416 g/mol. The molecule has 2 amide bonds. The number of carbonyl (C=O) groups is 2. The molecule has 2 aromatic carbocycles. The van der Waals surface area contributed by atoms with Gasteiger partial charge < -0.3 is 9.64 Å². The van der Waals surface area contributed by atoms with Crippen molar-refractivity contribution in [2.75, 3.05) is 25.0 Å². The van der Waals surface area contributed by atoms with E-state index in [9.17, 15) is 9.59 Å². The summed E-state index contributed by atoms with van der Waals surface area (Å²) in [5, 5.41) is 2.93. The van der Waals surface area contributed by atoms with Gasteiger partial charge in [0.25, 0.3) is 0 Å². The average molecular weight is 447 g/mol. The first kappa shape index (κ1) is 22.7. The van der Waals surface area contributed by atoms with Gasteiger partial charge in [-0.15, -0.1) is 0 Å². The Labute approximate surface area is 194 Å². The largest absolute Gasteiger partial charge is 0.376 e. The minimum absolute atomic E-state index is 0.00716. The van der Waals surface area contributed by atoms with Gasteiger partial charge in [0.1, 0.15) is 6.54 Å². The van der Waals surface area contributed by atoms with Crippen molar-refractivity contribution in [1.82, 2.24) is 14.5 Å². The zero-order valence-electron chi connectivity index (χ0n) is 19.2. The fourth-order valence-electron chi connectivity index (χ4n) is 4.04. The number of amides is 2. The first-order chi connectivity index (χ1) is 16.0. The van der Waals surface area contributed by atoms with E-state index in [0.29, 0.717) is 25.5 Å². The Balaban J connectivity index is 1.58. The highest BCUT2D eigenvalue weighted by atomic mass is 16.5. The second-order valence-electron chi connectivity index (χ2n) is 8.34. The van der Waals surface area contributed by atoms with E-state index in [4.69, 9.17) is 9.72 Å². The van der Waals surface area contributed by atoms with Gasteiger partial charge in [-0.05, 0) is 37.5 Å². The number of nitrogens with one attached hydrogen (secondary N) is 1. The molecule has 3 aromatic rings. The number of aromatic nitrogens is 2. The third-order valence-electron chi connectivity index (χ3n) is 5.74. The molecule has 4 rings (SSSR count). The number of benzene rings is 2. The van der Waals surface area contributed by atoms with Crippen molar-refractivity contribution in [2.45, 2.75) is 39.2 Å². The van der Waals surface area contributed by atoms with Gasteiger partial charge >= 0.3 is 0 Å². The molecule has 0 aliphatic carbocycles. The van der Waals surface area contributed by atoms with Crippen molar-refractivity contribution in [3.8, 4) is 16.9 Å². The molecule has 0 saturated carbocycles. The van der Waals surface area contributed by atoms with Crippen molar-refractivity contribution in [1.29, 1.82) is 0 Å². The van der Waals surface area contributed by atoms with Gasteiger partial charge in [-0.3, -0.25) is 19.5 Å². The topological polar surface area (TPSA) is 76.5 Å². The van der Waals surface area contributed by atoms with Gasteiger partial charge in [-0.25, -0.2) is 4.98 Å². The summed E-state index contributed by atoms with van der Waals surface area (Å²) in [6.07, 6.45) is 4.15. The Kier molecular flexibility index (Phi) is 7.19. The Hall–Kier alpha value is -3.45. The Morgan fingerprint density at radius 3 is 2.70 bits per heavy atom. The van der Waals surface area contributed by atoms with E-state index in [-0.39, 0.29) is 24.5 Å². The molecule has 1 fully saturated rings. The molecule has 1 N–H and O–H groups in total. The van der Waals surface area contributed by atoms with Crippen LogP contribution in [0.2, 0.25) is 0 Å². The van der Waals surface area contributed by atoms with Gasteiger partial charge in [0.15, 0.2) is 0 Å². The van der Waals surface area contributed by atoms with Crippen molar-refractivity contribution in [2.24, 2.45) is 0 Å². The maximum absolute atomic E-state index is 13.0. The van der Waals surface area contributed by atoms with Crippen LogP contribution in [0, 0.1) is 6.92 Å². The van der Waals surface area contributed by atoms with E-state index in [2.05, 4.69) is 5.32 Å². The van der Waals surface area contributed by atoms with Crippen molar-refractivity contribution in [3.63, 3.8) is 0 Å². The molecule has 7 heteroatoms.